The summed E-state index contributed by atoms with van der Waals surface area (Å²) in [5.74, 6) is 0. The topological polar surface area (TPSA) is 25.0 Å². The monoisotopic (exact) mass is 505 g/mol. The molecule has 3 rings (SSSR count). The van der Waals surface area contributed by atoms with Gasteiger partial charge in [-0.25, -0.2) is 0 Å². The van der Waals surface area contributed by atoms with Crippen molar-refractivity contribution in [3.63, 3.8) is 0 Å². The summed E-state index contributed by atoms with van der Waals surface area (Å²) in [6.45, 7) is 10.6. The molecule has 1 aromatic carbocycles. The molecule has 0 unspecified atom stereocenters. The van der Waals surface area contributed by atoms with E-state index in [4.69, 9.17) is 0 Å². The number of nitrogens with one attached hydrogen (secondary N) is 1. The maximum absolute atomic E-state index is 3.58. The number of allylic oxidation sites excluding steroid dienone is 3. The Kier molecular flexibility index (Phi) is 9.91. The van der Waals surface area contributed by atoms with Gasteiger partial charge in [0.15, 0.2) is 10.6 Å². The van der Waals surface area contributed by atoms with Crippen LogP contribution >= 0.6 is 11.8 Å². The summed E-state index contributed by atoms with van der Waals surface area (Å²) in [5.41, 5.74) is 4.78. The maximum Gasteiger partial charge on any atom is 0.222 e. The Morgan fingerprint density at radius 1 is 0.903 bits per heavy atom. The van der Waals surface area contributed by atoms with E-state index < -0.39 is 0 Å². The molecule has 31 heavy (non-hydrogen) atoms. The molecule has 0 atom stereocenters. The van der Waals surface area contributed by atoms with E-state index in [9.17, 15) is 0 Å². The van der Waals surface area contributed by atoms with Crippen molar-refractivity contribution in [1.82, 2.24) is 14.7 Å². The van der Waals surface area contributed by atoms with Gasteiger partial charge in [0, 0.05) is 45.0 Å². The first-order valence-corrected chi connectivity index (χ1v) is 11.7. The Morgan fingerprint density at radius 3 is 2.16 bits per heavy atom. The van der Waals surface area contributed by atoms with E-state index >= 15 is 0 Å². The van der Waals surface area contributed by atoms with Gasteiger partial charge >= 0.3 is 0 Å². The molecule has 0 bridgehead atoms. The lowest BCUT2D eigenvalue weighted by molar-refractivity contribution is -0.00000634. The van der Waals surface area contributed by atoms with Crippen molar-refractivity contribution in [2.45, 2.75) is 18.7 Å². The van der Waals surface area contributed by atoms with Crippen LogP contribution < -0.4 is 27.2 Å². The average molecular weight is 507 g/mol. The lowest BCUT2D eigenvalue weighted by atomic mass is 10.1. The minimum atomic E-state index is 0. The molecule has 0 radical (unpaired) electrons. The van der Waals surface area contributed by atoms with E-state index in [1.165, 1.54) is 26.9 Å². The Bertz CT molecular complexity index is 831. The first-order chi connectivity index (χ1) is 14.4. The van der Waals surface area contributed by atoms with Crippen LogP contribution in [0.1, 0.15) is 13.8 Å². The molecule has 1 N–H and O–H groups in total. The van der Waals surface area contributed by atoms with Gasteiger partial charge in [0.2, 0.25) is 5.70 Å². The normalized spacial score (nSPS) is 14.4. The van der Waals surface area contributed by atoms with Gasteiger partial charge in [0.05, 0.1) is 22.7 Å². The molecule has 1 aromatic rings. The number of rotatable bonds is 10. The van der Waals surface area contributed by atoms with Gasteiger partial charge in [-0.3, -0.25) is 0 Å². The highest BCUT2D eigenvalue weighted by atomic mass is 79.9. The number of nitrogens with zero attached hydrogens (tertiary/aromatic N) is 4. The molecule has 5 nitrogen and oxygen atoms in total. The highest BCUT2D eigenvalue weighted by molar-refractivity contribution is 8.03. The highest BCUT2D eigenvalue weighted by Crippen LogP contribution is 2.45. The molecule has 0 fully saturated rings. The number of anilines is 2. The van der Waals surface area contributed by atoms with E-state index in [-0.39, 0.29) is 17.0 Å². The Balaban J connectivity index is 0.00000341. The third-order valence-corrected chi connectivity index (χ3v) is 6.56. The lowest BCUT2D eigenvalue weighted by Gasteiger charge is -2.27. The predicted octanol–water partition coefficient (Wildman–Crippen LogP) is 0.948. The van der Waals surface area contributed by atoms with Crippen molar-refractivity contribution in [3.8, 4) is 0 Å². The van der Waals surface area contributed by atoms with E-state index in [1.807, 2.05) is 11.8 Å². The summed E-state index contributed by atoms with van der Waals surface area (Å²) in [5, 5.41) is 3.58. The molecule has 1 heterocycles. The zero-order valence-electron chi connectivity index (χ0n) is 19.7. The van der Waals surface area contributed by atoms with Crippen LogP contribution in [0.25, 0.3) is 0 Å². The van der Waals surface area contributed by atoms with Gasteiger partial charge in [0.25, 0.3) is 0 Å². The first-order valence-electron chi connectivity index (χ1n) is 10.8. The molecule has 7 heteroatoms. The summed E-state index contributed by atoms with van der Waals surface area (Å²) in [6, 6.07) is 6.76. The van der Waals surface area contributed by atoms with Crippen molar-refractivity contribution >= 4 is 23.1 Å². The van der Waals surface area contributed by atoms with E-state index in [2.05, 4.69) is 103 Å². The van der Waals surface area contributed by atoms with Gasteiger partial charge in [-0.15, -0.1) is 0 Å². The summed E-state index contributed by atoms with van der Waals surface area (Å²) in [7, 11) is 8.51. The van der Waals surface area contributed by atoms with Crippen LogP contribution in [-0.2, 0) is 0 Å². The standard InChI is InChI=1S/C24H36N5S.BrH/c1-7-28(15-13-26(3)4)19-9-11-21-23(17-19)30-24-18-20(10-12-22(24)25-21)29(8-2)16-14-27(5)6;/h9-11,17-18,25H,7-8,13-16H2,1-6H3;1H/q+1;/p-1. The van der Waals surface area contributed by atoms with Crippen LogP contribution in [0, 0.1) is 6.08 Å². The molecule has 2 aliphatic rings. The van der Waals surface area contributed by atoms with Crippen LogP contribution in [-0.4, -0.2) is 82.2 Å². The van der Waals surface area contributed by atoms with E-state index in [0.717, 1.165) is 45.0 Å². The Labute approximate surface area is 203 Å². The fraction of sp³-hybridized carbons (Fsp3) is 0.500. The van der Waals surface area contributed by atoms with Gasteiger partial charge < -0.3 is 41.9 Å². The second-order valence-corrected chi connectivity index (χ2v) is 9.35. The van der Waals surface area contributed by atoms with Crippen LogP contribution in [0.3, 0.4) is 0 Å². The zero-order valence-corrected chi connectivity index (χ0v) is 22.1. The summed E-state index contributed by atoms with van der Waals surface area (Å²) < 4.78 is 0. The maximum atomic E-state index is 3.58. The largest absolute Gasteiger partial charge is 1.00 e. The molecule has 0 saturated heterocycles. The molecule has 0 aromatic heterocycles. The lowest BCUT2D eigenvalue weighted by Crippen LogP contribution is -3.00. The molecule has 0 amide bonds. The van der Waals surface area contributed by atoms with Gasteiger partial charge in [-0.05, 0) is 72.0 Å². The average Bonchev–Trinajstić information content (AvgIpc) is 2.72. The van der Waals surface area contributed by atoms with Crippen LogP contribution in [0.15, 0.2) is 51.5 Å². The van der Waals surface area contributed by atoms with Crippen LogP contribution in [0.2, 0.25) is 0 Å². The van der Waals surface area contributed by atoms with E-state index in [1.54, 1.807) is 0 Å². The number of hydrogen-bond acceptors (Lipinski definition) is 6. The fourth-order valence-electron chi connectivity index (χ4n) is 3.56. The van der Waals surface area contributed by atoms with Crippen LogP contribution in [0.4, 0.5) is 11.4 Å². The second-order valence-electron chi connectivity index (χ2n) is 8.27. The number of hydrogen-bond donors (Lipinski definition) is 1. The summed E-state index contributed by atoms with van der Waals surface area (Å²) >= 11 is 1.85. The quantitative estimate of drug-likeness (QED) is 0.475. The van der Waals surface area contributed by atoms with Crippen molar-refractivity contribution in [2.75, 3.05) is 77.7 Å². The molecule has 0 saturated carbocycles. The molecule has 1 aliphatic heterocycles. The number of halogens is 1. The van der Waals surface area contributed by atoms with Crippen LogP contribution in [0.5, 0.6) is 0 Å². The Hall–Kier alpha value is -1.50. The third kappa shape index (κ3) is 6.74. The minimum absolute atomic E-state index is 0. The number of fused-ring (bicyclic) bond motifs is 2. The summed E-state index contributed by atoms with van der Waals surface area (Å²) in [4.78, 5) is 11.9. The molecule has 0 spiro atoms. The van der Waals surface area contributed by atoms with E-state index in [0.29, 0.717) is 0 Å². The van der Waals surface area contributed by atoms with Crippen molar-refractivity contribution in [3.05, 3.63) is 52.7 Å². The Morgan fingerprint density at radius 2 is 1.55 bits per heavy atom. The number of benzene rings is 1. The third-order valence-electron chi connectivity index (χ3n) is 5.46. The predicted molar refractivity (Wildman–Crippen MR) is 131 cm³/mol. The van der Waals surface area contributed by atoms with Crippen molar-refractivity contribution < 1.29 is 17.0 Å². The summed E-state index contributed by atoms with van der Waals surface area (Å²) in [6.07, 6.45) is 7.90. The second kappa shape index (κ2) is 11.9. The van der Waals surface area contributed by atoms with Gasteiger partial charge in [-0.2, -0.15) is 0 Å². The van der Waals surface area contributed by atoms with Crippen molar-refractivity contribution in [1.29, 1.82) is 0 Å². The SMILES string of the molecule is CCN(CCN(C)C)C1=C[C+]=C2Nc3ccc(N(CC)CCN(C)C)cc3SC2=C1.[Br-]. The first kappa shape index (κ1) is 25.8. The smallest absolute Gasteiger partial charge is 0.222 e. The van der Waals surface area contributed by atoms with Gasteiger partial charge in [0.1, 0.15) is 6.08 Å². The minimum Gasteiger partial charge on any atom is -1.00 e. The fourth-order valence-corrected chi connectivity index (χ4v) is 4.59. The zero-order chi connectivity index (χ0) is 21.7. The number of likely N-dealkylation sites (N-methyl/N-ethyl adjacent to an activating group) is 4. The van der Waals surface area contributed by atoms with Gasteiger partial charge in [-0.1, -0.05) is 0 Å². The highest BCUT2D eigenvalue weighted by Gasteiger charge is 2.30. The molecular formula is C24H36BrN5S. The number of thioether (sulfide) groups is 1. The molecule has 170 valence electrons. The molecule has 1 aliphatic carbocycles. The molecular weight excluding hydrogens is 470 g/mol. The van der Waals surface area contributed by atoms with Crippen molar-refractivity contribution in [2.24, 2.45) is 0 Å².